The number of nitrogens with zero attached hydrogens (tertiary/aromatic N) is 3. The number of thioether (sulfide) groups is 1. The Kier molecular flexibility index (Phi) is 6.85. The van der Waals surface area contributed by atoms with Crippen LogP contribution in [0.2, 0.25) is 10.0 Å². The van der Waals surface area contributed by atoms with E-state index in [0.717, 1.165) is 4.90 Å². The minimum absolute atomic E-state index is 0.0429. The second-order valence-corrected chi connectivity index (χ2v) is 8.29. The van der Waals surface area contributed by atoms with Crippen molar-refractivity contribution in [2.45, 2.75) is 30.0 Å². The van der Waals surface area contributed by atoms with E-state index in [1.165, 1.54) is 17.3 Å². The molecule has 0 radical (unpaired) electrons. The van der Waals surface area contributed by atoms with Crippen molar-refractivity contribution < 1.29 is 9.90 Å². The van der Waals surface area contributed by atoms with Crippen molar-refractivity contribution in [3.8, 4) is 0 Å². The molecule has 3 rings (SSSR count). The predicted octanol–water partition coefficient (Wildman–Crippen LogP) is 4.01. The minimum Gasteiger partial charge on any atom is -0.381 e. The van der Waals surface area contributed by atoms with E-state index in [1.807, 2.05) is 18.4 Å². The smallest absolute Gasteiger partial charge is 0.251 e. The molecule has 2 N–H and O–H groups in total. The van der Waals surface area contributed by atoms with Crippen molar-refractivity contribution in [2.24, 2.45) is 0 Å². The van der Waals surface area contributed by atoms with Gasteiger partial charge in [0.2, 0.25) is 0 Å². The summed E-state index contributed by atoms with van der Waals surface area (Å²) in [6.45, 7) is 1.76. The number of aliphatic hydroxyl groups is 1. The lowest BCUT2D eigenvalue weighted by molar-refractivity contribution is -0.0155. The van der Waals surface area contributed by atoms with Crippen molar-refractivity contribution in [3.05, 3.63) is 76.3 Å². The summed E-state index contributed by atoms with van der Waals surface area (Å²) < 4.78 is 1.49. The Balaban J connectivity index is 1.91. The Hall–Kier alpha value is -2.06. The zero-order chi connectivity index (χ0) is 21.0. The number of amides is 1. The molecule has 0 aliphatic carbocycles. The van der Waals surface area contributed by atoms with Gasteiger partial charge in [0.15, 0.2) is 0 Å². The number of carbonyl (C=O) groups excluding carboxylic acids is 1. The highest BCUT2D eigenvalue weighted by Gasteiger charge is 2.39. The molecule has 3 aromatic rings. The third kappa shape index (κ3) is 4.93. The SMILES string of the molecule is CSc1ccc(C(=O)N[C@H](C)C(O)(Cn2cncn2)c2ccc(Cl)cc2Cl)cc1. The maximum absolute atomic E-state index is 12.8. The monoisotopic (exact) mass is 450 g/mol. The van der Waals surface area contributed by atoms with Gasteiger partial charge in [-0.25, -0.2) is 9.67 Å². The molecule has 1 unspecified atom stereocenters. The van der Waals surface area contributed by atoms with Crippen LogP contribution >= 0.6 is 35.0 Å². The highest BCUT2D eigenvalue weighted by Crippen LogP contribution is 2.34. The number of halogens is 2. The van der Waals surface area contributed by atoms with Crippen LogP contribution in [-0.2, 0) is 12.1 Å². The van der Waals surface area contributed by atoms with E-state index in [-0.39, 0.29) is 12.5 Å². The van der Waals surface area contributed by atoms with Gasteiger partial charge in [-0.2, -0.15) is 5.10 Å². The molecule has 6 nitrogen and oxygen atoms in total. The number of benzene rings is 2. The van der Waals surface area contributed by atoms with E-state index in [2.05, 4.69) is 15.4 Å². The zero-order valence-electron chi connectivity index (χ0n) is 15.8. The van der Waals surface area contributed by atoms with Gasteiger partial charge in [-0.15, -0.1) is 11.8 Å². The van der Waals surface area contributed by atoms with Gasteiger partial charge >= 0.3 is 0 Å². The first kappa shape index (κ1) is 21.6. The van der Waals surface area contributed by atoms with Crippen molar-refractivity contribution in [2.75, 3.05) is 6.26 Å². The lowest BCUT2D eigenvalue weighted by Gasteiger charge is -2.35. The fourth-order valence-corrected chi connectivity index (χ4v) is 3.98. The Morgan fingerprint density at radius 2 is 2.00 bits per heavy atom. The average Bonchev–Trinajstić information content (AvgIpc) is 3.20. The van der Waals surface area contributed by atoms with Gasteiger partial charge in [0, 0.05) is 26.1 Å². The maximum atomic E-state index is 12.8. The van der Waals surface area contributed by atoms with E-state index in [4.69, 9.17) is 23.2 Å². The fraction of sp³-hybridized carbons (Fsp3) is 0.250. The molecule has 0 saturated heterocycles. The van der Waals surface area contributed by atoms with E-state index < -0.39 is 11.6 Å². The number of rotatable bonds is 7. The van der Waals surface area contributed by atoms with Crippen LogP contribution in [-0.4, -0.2) is 38.1 Å². The number of hydrogen-bond acceptors (Lipinski definition) is 5. The van der Waals surface area contributed by atoms with Gasteiger partial charge in [-0.1, -0.05) is 29.3 Å². The van der Waals surface area contributed by atoms with Crippen LogP contribution in [0.15, 0.2) is 60.0 Å². The number of nitrogens with one attached hydrogen (secondary N) is 1. The summed E-state index contributed by atoms with van der Waals surface area (Å²) in [7, 11) is 0. The van der Waals surface area contributed by atoms with E-state index in [1.54, 1.807) is 49.0 Å². The molecule has 0 saturated carbocycles. The van der Waals surface area contributed by atoms with E-state index in [0.29, 0.717) is 21.2 Å². The molecule has 0 bridgehead atoms. The highest BCUT2D eigenvalue weighted by molar-refractivity contribution is 7.98. The molecule has 0 aliphatic heterocycles. The quantitative estimate of drug-likeness (QED) is 0.531. The van der Waals surface area contributed by atoms with Crippen LogP contribution in [0.25, 0.3) is 0 Å². The summed E-state index contributed by atoms with van der Waals surface area (Å²) >= 11 is 14.0. The Bertz CT molecular complexity index is 983. The average molecular weight is 451 g/mol. The Labute approximate surface area is 183 Å². The molecule has 9 heteroatoms. The molecule has 2 aromatic carbocycles. The first-order valence-corrected chi connectivity index (χ1v) is 10.8. The lowest BCUT2D eigenvalue weighted by Crippen LogP contribution is -2.51. The topological polar surface area (TPSA) is 80.0 Å². The van der Waals surface area contributed by atoms with Crippen LogP contribution in [0, 0.1) is 0 Å². The normalized spacial score (nSPS) is 14.2. The number of carbonyl (C=O) groups is 1. The van der Waals surface area contributed by atoms with Crippen molar-refractivity contribution in [1.29, 1.82) is 0 Å². The first-order valence-electron chi connectivity index (χ1n) is 8.78. The molecular formula is C20H20Cl2N4O2S. The third-order valence-electron chi connectivity index (χ3n) is 4.68. The molecule has 2 atom stereocenters. The van der Waals surface area contributed by atoms with Crippen molar-refractivity contribution in [3.63, 3.8) is 0 Å². The summed E-state index contributed by atoms with van der Waals surface area (Å²) in [4.78, 5) is 17.7. The maximum Gasteiger partial charge on any atom is 0.251 e. The number of hydrogen-bond donors (Lipinski definition) is 2. The standard InChI is InChI=1S/C20H20Cl2N4O2S/c1-13(25-19(27)14-3-6-16(29-2)7-4-14)20(28,10-26-12-23-11-24-26)17-8-5-15(21)9-18(17)22/h3-9,11-13,28H,10H2,1-2H3,(H,25,27)/t13-,20?/m1/s1. The largest absolute Gasteiger partial charge is 0.381 e. The second-order valence-electron chi connectivity index (χ2n) is 6.57. The summed E-state index contributed by atoms with van der Waals surface area (Å²) in [6.07, 6.45) is 4.84. The summed E-state index contributed by atoms with van der Waals surface area (Å²) in [5.74, 6) is -0.299. The summed E-state index contributed by atoms with van der Waals surface area (Å²) in [6, 6.07) is 11.4. The van der Waals surface area contributed by atoms with E-state index in [9.17, 15) is 9.90 Å². The highest BCUT2D eigenvalue weighted by atomic mass is 35.5. The van der Waals surface area contributed by atoms with Gasteiger partial charge in [0.25, 0.3) is 5.91 Å². The van der Waals surface area contributed by atoms with Gasteiger partial charge < -0.3 is 10.4 Å². The molecular weight excluding hydrogens is 431 g/mol. The summed E-state index contributed by atoms with van der Waals surface area (Å²) in [5.41, 5.74) is -0.617. The van der Waals surface area contributed by atoms with Gasteiger partial charge in [-0.3, -0.25) is 4.79 Å². The van der Waals surface area contributed by atoms with Gasteiger partial charge in [-0.05, 0) is 49.6 Å². The molecule has 1 amide bonds. The molecule has 0 spiro atoms. The molecule has 29 heavy (non-hydrogen) atoms. The van der Waals surface area contributed by atoms with Crippen LogP contribution < -0.4 is 5.32 Å². The minimum atomic E-state index is -1.55. The van der Waals surface area contributed by atoms with Crippen LogP contribution in [0.5, 0.6) is 0 Å². The molecule has 0 fully saturated rings. The van der Waals surface area contributed by atoms with Gasteiger partial charge in [0.05, 0.1) is 12.6 Å². The van der Waals surface area contributed by atoms with Crippen LogP contribution in [0.4, 0.5) is 0 Å². The molecule has 152 valence electrons. The van der Waals surface area contributed by atoms with E-state index >= 15 is 0 Å². The van der Waals surface area contributed by atoms with Crippen LogP contribution in [0.3, 0.4) is 0 Å². The molecule has 1 aromatic heterocycles. The van der Waals surface area contributed by atoms with Crippen LogP contribution in [0.1, 0.15) is 22.8 Å². The molecule has 0 aliphatic rings. The fourth-order valence-electron chi connectivity index (χ4n) is 3.00. The predicted molar refractivity (Wildman–Crippen MR) is 116 cm³/mol. The lowest BCUT2D eigenvalue weighted by atomic mass is 9.86. The van der Waals surface area contributed by atoms with Crippen molar-refractivity contribution >= 4 is 40.9 Å². The second kappa shape index (κ2) is 9.17. The Morgan fingerprint density at radius 3 is 2.59 bits per heavy atom. The zero-order valence-corrected chi connectivity index (χ0v) is 18.2. The molecule has 1 heterocycles. The Morgan fingerprint density at radius 1 is 1.28 bits per heavy atom. The van der Waals surface area contributed by atoms with Gasteiger partial charge in [0.1, 0.15) is 18.3 Å². The van der Waals surface area contributed by atoms with Crippen molar-refractivity contribution in [1.82, 2.24) is 20.1 Å². The summed E-state index contributed by atoms with van der Waals surface area (Å²) in [5, 5.41) is 19.3. The third-order valence-corrected chi connectivity index (χ3v) is 5.97. The first-order chi connectivity index (χ1) is 13.8. The number of aromatic nitrogens is 3.